The number of hydrogen-bond acceptors (Lipinski definition) is 2. The summed E-state index contributed by atoms with van der Waals surface area (Å²) in [6.45, 7) is 0. The summed E-state index contributed by atoms with van der Waals surface area (Å²) in [5.41, 5.74) is 1.48. The number of benzene rings is 1. The van der Waals surface area contributed by atoms with Crippen LogP contribution in [0.25, 0.3) is 0 Å². The summed E-state index contributed by atoms with van der Waals surface area (Å²) < 4.78 is 1.07. The van der Waals surface area contributed by atoms with Crippen LogP contribution in [0.4, 0.5) is 16.2 Å². The van der Waals surface area contributed by atoms with Gasteiger partial charge in [-0.15, -0.1) is 0 Å². The molecule has 17 heavy (non-hydrogen) atoms. The number of carbonyl (C=O) groups is 1. The Morgan fingerprint density at radius 3 is 2.47 bits per heavy atom. The molecule has 0 aliphatic carbocycles. The zero-order chi connectivity index (χ0) is 12.1. The van der Waals surface area contributed by atoms with Crippen LogP contribution in [0.1, 0.15) is 0 Å². The highest BCUT2D eigenvalue weighted by atomic mass is 127. The van der Waals surface area contributed by atoms with Gasteiger partial charge in [-0.1, -0.05) is 6.07 Å². The van der Waals surface area contributed by atoms with Gasteiger partial charge in [0, 0.05) is 27.3 Å². The molecule has 5 heteroatoms. The van der Waals surface area contributed by atoms with Gasteiger partial charge in [0.15, 0.2) is 0 Å². The second-order valence-electron chi connectivity index (χ2n) is 3.33. The van der Waals surface area contributed by atoms with Crippen molar-refractivity contribution in [3.8, 4) is 0 Å². The summed E-state index contributed by atoms with van der Waals surface area (Å²) in [5, 5.41) is 5.47. The van der Waals surface area contributed by atoms with Crippen LogP contribution < -0.4 is 10.6 Å². The molecule has 0 atom stereocenters. The van der Waals surface area contributed by atoms with Gasteiger partial charge >= 0.3 is 6.03 Å². The first-order valence-corrected chi connectivity index (χ1v) is 6.05. The van der Waals surface area contributed by atoms with E-state index in [2.05, 4.69) is 38.2 Å². The molecule has 1 heterocycles. The number of anilines is 2. The molecule has 1 aromatic carbocycles. The van der Waals surface area contributed by atoms with Gasteiger partial charge in [0.05, 0.1) is 0 Å². The lowest BCUT2D eigenvalue weighted by Gasteiger charge is -2.07. The molecule has 0 bridgehead atoms. The van der Waals surface area contributed by atoms with Gasteiger partial charge in [0.25, 0.3) is 0 Å². The molecule has 0 unspecified atom stereocenters. The van der Waals surface area contributed by atoms with E-state index in [1.807, 2.05) is 24.3 Å². The summed E-state index contributed by atoms with van der Waals surface area (Å²) in [5.74, 6) is 0. The Balaban J connectivity index is 1.98. The molecule has 2 aromatic rings. The van der Waals surface area contributed by atoms with Gasteiger partial charge in [-0.3, -0.25) is 4.98 Å². The van der Waals surface area contributed by atoms with E-state index in [1.165, 1.54) is 0 Å². The van der Waals surface area contributed by atoms with Crippen molar-refractivity contribution in [2.24, 2.45) is 0 Å². The fourth-order valence-electron chi connectivity index (χ4n) is 1.29. The summed E-state index contributed by atoms with van der Waals surface area (Å²) >= 11 is 2.20. The number of hydrogen-bond donors (Lipinski definition) is 2. The molecule has 0 aliphatic rings. The number of halogens is 1. The summed E-state index contributed by atoms with van der Waals surface area (Å²) in [6.07, 6.45) is 3.25. The molecule has 2 amide bonds. The zero-order valence-corrected chi connectivity index (χ0v) is 11.0. The molecule has 0 radical (unpaired) electrons. The lowest BCUT2D eigenvalue weighted by Crippen LogP contribution is -2.19. The maximum atomic E-state index is 11.6. The van der Waals surface area contributed by atoms with Crippen molar-refractivity contribution in [2.75, 3.05) is 10.6 Å². The molecule has 0 spiro atoms. The van der Waals surface area contributed by atoms with Gasteiger partial charge < -0.3 is 10.6 Å². The van der Waals surface area contributed by atoms with Crippen molar-refractivity contribution in [3.05, 3.63) is 52.4 Å². The quantitative estimate of drug-likeness (QED) is 0.825. The minimum Gasteiger partial charge on any atom is -0.308 e. The first-order chi connectivity index (χ1) is 8.24. The van der Waals surface area contributed by atoms with Crippen LogP contribution in [-0.4, -0.2) is 11.0 Å². The Morgan fingerprint density at radius 1 is 1.06 bits per heavy atom. The zero-order valence-electron chi connectivity index (χ0n) is 8.85. The highest BCUT2D eigenvalue weighted by Crippen LogP contribution is 2.13. The lowest BCUT2D eigenvalue weighted by molar-refractivity contribution is 0.262. The number of aromatic nitrogens is 1. The van der Waals surface area contributed by atoms with Crippen LogP contribution in [0.3, 0.4) is 0 Å². The number of urea groups is 1. The molecule has 0 saturated carbocycles. The number of nitrogens with one attached hydrogen (secondary N) is 2. The molecular weight excluding hydrogens is 329 g/mol. The summed E-state index contributed by atoms with van der Waals surface area (Å²) in [7, 11) is 0. The fourth-order valence-corrected chi connectivity index (χ4v) is 1.84. The van der Waals surface area contributed by atoms with Crippen LogP contribution in [0, 0.1) is 3.57 Å². The molecule has 2 rings (SSSR count). The van der Waals surface area contributed by atoms with Crippen molar-refractivity contribution in [3.63, 3.8) is 0 Å². The van der Waals surface area contributed by atoms with Crippen molar-refractivity contribution in [2.45, 2.75) is 0 Å². The first kappa shape index (κ1) is 11.8. The van der Waals surface area contributed by atoms with Gasteiger partial charge in [-0.25, -0.2) is 4.79 Å². The monoisotopic (exact) mass is 339 g/mol. The van der Waals surface area contributed by atoms with Crippen molar-refractivity contribution in [1.82, 2.24) is 4.98 Å². The van der Waals surface area contributed by atoms with E-state index >= 15 is 0 Å². The molecular formula is C12H10IN3O. The third-order valence-electron chi connectivity index (χ3n) is 2.02. The predicted molar refractivity (Wildman–Crippen MR) is 76.0 cm³/mol. The van der Waals surface area contributed by atoms with Crippen LogP contribution >= 0.6 is 22.6 Å². The second kappa shape index (κ2) is 5.62. The van der Waals surface area contributed by atoms with E-state index in [0.29, 0.717) is 5.69 Å². The smallest absolute Gasteiger partial charge is 0.308 e. The minimum atomic E-state index is -0.266. The SMILES string of the molecule is O=C(Nc1ccncc1)Nc1cccc(I)c1. The average Bonchev–Trinajstić information content (AvgIpc) is 2.30. The van der Waals surface area contributed by atoms with Crippen LogP contribution in [0.15, 0.2) is 48.8 Å². The van der Waals surface area contributed by atoms with Gasteiger partial charge in [-0.05, 0) is 52.9 Å². The fraction of sp³-hybridized carbons (Fsp3) is 0. The third-order valence-corrected chi connectivity index (χ3v) is 2.69. The third kappa shape index (κ3) is 3.70. The first-order valence-electron chi connectivity index (χ1n) is 4.97. The minimum absolute atomic E-state index is 0.266. The highest BCUT2D eigenvalue weighted by molar-refractivity contribution is 14.1. The van der Waals surface area contributed by atoms with E-state index in [1.54, 1.807) is 24.5 Å². The van der Waals surface area contributed by atoms with Gasteiger partial charge in [0.1, 0.15) is 0 Å². The molecule has 86 valence electrons. The van der Waals surface area contributed by atoms with Crippen LogP contribution in [0.5, 0.6) is 0 Å². The van der Waals surface area contributed by atoms with E-state index in [4.69, 9.17) is 0 Å². The van der Waals surface area contributed by atoms with E-state index < -0.39 is 0 Å². The summed E-state index contributed by atoms with van der Waals surface area (Å²) in [4.78, 5) is 15.5. The molecule has 2 N–H and O–H groups in total. The average molecular weight is 339 g/mol. The summed E-state index contributed by atoms with van der Waals surface area (Å²) in [6, 6.07) is 10.8. The number of nitrogens with zero attached hydrogens (tertiary/aromatic N) is 1. The molecule has 0 aliphatic heterocycles. The number of rotatable bonds is 2. The van der Waals surface area contributed by atoms with Gasteiger partial charge in [-0.2, -0.15) is 0 Å². The standard InChI is InChI=1S/C12H10IN3O/c13-9-2-1-3-11(8-9)16-12(17)15-10-4-6-14-7-5-10/h1-8H,(H2,14,15,16,17). The topological polar surface area (TPSA) is 54.0 Å². The van der Waals surface area contributed by atoms with E-state index in [0.717, 1.165) is 9.26 Å². The van der Waals surface area contributed by atoms with Crippen LogP contribution in [-0.2, 0) is 0 Å². The molecule has 4 nitrogen and oxygen atoms in total. The van der Waals surface area contributed by atoms with Crippen molar-refractivity contribution < 1.29 is 4.79 Å². The van der Waals surface area contributed by atoms with Gasteiger partial charge in [0.2, 0.25) is 0 Å². The molecule has 1 aromatic heterocycles. The highest BCUT2D eigenvalue weighted by Gasteiger charge is 2.02. The van der Waals surface area contributed by atoms with Crippen LogP contribution in [0.2, 0.25) is 0 Å². The predicted octanol–water partition coefficient (Wildman–Crippen LogP) is 3.33. The molecule has 0 fully saturated rings. The number of pyridine rings is 1. The Morgan fingerprint density at radius 2 is 1.76 bits per heavy atom. The maximum absolute atomic E-state index is 11.6. The number of amides is 2. The Kier molecular flexibility index (Phi) is 3.92. The van der Waals surface area contributed by atoms with Crippen molar-refractivity contribution >= 4 is 40.0 Å². The largest absolute Gasteiger partial charge is 0.323 e. The normalized spacial score (nSPS) is 9.71. The lowest BCUT2D eigenvalue weighted by atomic mass is 10.3. The Bertz CT molecular complexity index is 516. The van der Waals surface area contributed by atoms with E-state index in [-0.39, 0.29) is 6.03 Å². The Hall–Kier alpha value is -1.63. The Labute approximate surface area is 113 Å². The van der Waals surface area contributed by atoms with E-state index in [9.17, 15) is 4.79 Å². The second-order valence-corrected chi connectivity index (χ2v) is 4.57. The maximum Gasteiger partial charge on any atom is 0.323 e. The molecule has 0 saturated heterocycles. The van der Waals surface area contributed by atoms with Crippen molar-refractivity contribution in [1.29, 1.82) is 0 Å². The number of carbonyl (C=O) groups excluding carboxylic acids is 1.